The fraction of sp³-hybridized carbons (Fsp3) is 0.692. The minimum Gasteiger partial charge on any atom is -0.444 e. The fourth-order valence-corrected chi connectivity index (χ4v) is 2.87. The first kappa shape index (κ1) is 16.1. The van der Waals surface area contributed by atoms with Gasteiger partial charge in [-0.15, -0.1) is 11.3 Å². The molecule has 1 aliphatic heterocycles. The first-order chi connectivity index (χ1) is 9.56. The van der Waals surface area contributed by atoms with Crippen LogP contribution in [0.15, 0.2) is 5.38 Å². The third-order valence-corrected chi connectivity index (χ3v) is 3.93. The van der Waals surface area contributed by atoms with Gasteiger partial charge in [0.15, 0.2) is 5.01 Å². The average molecular weight is 322 g/mol. The van der Waals surface area contributed by atoms with E-state index in [9.17, 15) is 18.0 Å². The summed E-state index contributed by atoms with van der Waals surface area (Å²) in [4.78, 5) is 17.1. The summed E-state index contributed by atoms with van der Waals surface area (Å²) in [6.07, 6.45) is -4.25. The number of halogens is 3. The van der Waals surface area contributed by atoms with Crippen LogP contribution in [0.5, 0.6) is 0 Å². The average Bonchev–Trinajstić information content (AvgIpc) is 2.95. The molecule has 1 amide bonds. The van der Waals surface area contributed by atoms with E-state index in [4.69, 9.17) is 4.74 Å². The van der Waals surface area contributed by atoms with Crippen LogP contribution >= 0.6 is 11.3 Å². The first-order valence-corrected chi connectivity index (χ1v) is 7.45. The monoisotopic (exact) mass is 322 g/mol. The SMILES string of the molecule is CC(C)(C)OC(=O)N1CCC(c2csc(C(F)(F)F)n2)C1. The number of ether oxygens (including phenoxy) is 1. The molecular formula is C13H17F3N2O2S. The van der Waals surface area contributed by atoms with Crippen LogP contribution in [-0.4, -0.2) is 34.7 Å². The summed E-state index contributed by atoms with van der Waals surface area (Å²) in [5.74, 6) is -0.162. The number of hydrogen-bond donors (Lipinski definition) is 0. The van der Waals surface area contributed by atoms with Crippen molar-refractivity contribution in [3.8, 4) is 0 Å². The van der Waals surface area contributed by atoms with E-state index in [0.29, 0.717) is 36.5 Å². The molecule has 0 spiro atoms. The largest absolute Gasteiger partial charge is 0.444 e. The summed E-state index contributed by atoms with van der Waals surface area (Å²) in [5.41, 5.74) is -0.183. The number of aromatic nitrogens is 1. The Kier molecular flexibility index (Phi) is 4.19. The van der Waals surface area contributed by atoms with Crippen molar-refractivity contribution >= 4 is 17.4 Å². The van der Waals surface area contributed by atoms with Crippen LogP contribution in [0.25, 0.3) is 0 Å². The van der Waals surface area contributed by atoms with Crippen LogP contribution in [0, 0.1) is 0 Å². The van der Waals surface area contributed by atoms with Crippen LogP contribution in [0.4, 0.5) is 18.0 Å². The Labute approximate surface area is 124 Å². The molecule has 0 bridgehead atoms. The van der Waals surface area contributed by atoms with Gasteiger partial charge in [-0.05, 0) is 27.2 Å². The van der Waals surface area contributed by atoms with Crippen molar-refractivity contribution in [2.24, 2.45) is 0 Å². The van der Waals surface area contributed by atoms with Gasteiger partial charge in [-0.25, -0.2) is 9.78 Å². The molecule has 0 aliphatic carbocycles. The summed E-state index contributed by atoms with van der Waals surface area (Å²) in [7, 11) is 0. The second-order valence-corrected chi connectivity index (χ2v) is 6.85. The molecule has 0 saturated carbocycles. The maximum absolute atomic E-state index is 12.5. The summed E-state index contributed by atoms with van der Waals surface area (Å²) in [5, 5.41) is 0.583. The molecule has 1 aromatic rings. The number of alkyl halides is 3. The minimum atomic E-state index is -4.41. The summed E-state index contributed by atoms with van der Waals surface area (Å²) >= 11 is 0.592. The highest BCUT2D eigenvalue weighted by atomic mass is 32.1. The predicted octanol–water partition coefficient (Wildman–Crippen LogP) is 3.89. The van der Waals surface area contributed by atoms with Crippen molar-refractivity contribution < 1.29 is 22.7 Å². The lowest BCUT2D eigenvalue weighted by molar-refractivity contribution is -0.137. The van der Waals surface area contributed by atoms with Gasteiger partial charge in [-0.1, -0.05) is 0 Å². The third kappa shape index (κ3) is 4.09. The Morgan fingerprint density at radius 1 is 1.43 bits per heavy atom. The molecule has 2 heterocycles. The minimum absolute atomic E-state index is 0.162. The van der Waals surface area contributed by atoms with E-state index in [2.05, 4.69) is 4.98 Å². The molecule has 2 rings (SSSR count). The normalized spacial score (nSPS) is 19.9. The molecule has 1 atom stereocenters. The standard InChI is InChI=1S/C13H17F3N2O2S/c1-12(2,3)20-11(19)18-5-4-8(6-18)9-7-21-10(17-9)13(14,15)16/h7-8H,4-6H2,1-3H3. The van der Waals surface area contributed by atoms with Crippen molar-refractivity contribution in [2.45, 2.75) is 44.9 Å². The lowest BCUT2D eigenvalue weighted by atomic mass is 10.1. The number of carbonyl (C=O) groups is 1. The Hall–Kier alpha value is -1.31. The number of amides is 1. The van der Waals surface area contributed by atoms with Gasteiger partial charge in [-0.2, -0.15) is 13.2 Å². The van der Waals surface area contributed by atoms with Crippen LogP contribution in [0.1, 0.15) is 43.8 Å². The van der Waals surface area contributed by atoms with Crippen LogP contribution in [0.2, 0.25) is 0 Å². The zero-order valence-electron chi connectivity index (χ0n) is 12.0. The highest BCUT2D eigenvalue weighted by Gasteiger charge is 2.37. The van der Waals surface area contributed by atoms with E-state index in [0.717, 1.165) is 0 Å². The number of rotatable bonds is 1. The van der Waals surface area contributed by atoms with E-state index in [1.807, 2.05) is 0 Å². The molecule has 21 heavy (non-hydrogen) atoms. The molecule has 1 fully saturated rings. The van der Waals surface area contributed by atoms with Crippen molar-refractivity contribution in [3.63, 3.8) is 0 Å². The molecule has 0 radical (unpaired) electrons. The number of likely N-dealkylation sites (tertiary alicyclic amines) is 1. The van der Waals surface area contributed by atoms with Gasteiger partial charge in [0.1, 0.15) is 5.60 Å². The molecule has 1 unspecified atom stereocenters. The van der Waals surface area contributed by atoms with Gasteiger partial charge in [0.05, 0.1) is 5.69 Å². The van der Waals surface area contributed by atoms with Gasteiger partial charge in [0, 0.05) is 24.4 Å². The van der Waals surface area contributed by atoms with E-state index in [-0.39, 0.29) is 5.92 Å². The van der Waals surface area contributed by atoms with Crippen molar-refractivity contribution in [1.82, 2.24) is 9.88 Å². The van der Waals surface area contributed by atoms with E-state index < -0.39 is 22.9 Å². The van der Waals surface area contributed by atoms with Crippen molar-refractivity contribution in [2.75, 3.05) is 13.1 Å². The van der Waals surface area contributed by atoms with Crippen LogP contribution in [-0.2, 0) is 10.9 Å². The Balaban J connectivity index is 1.99. The molecule has 1 aromatic heterocycles. The van der Waals surface area contributed by atoms with Crippen molar-refractivity contribution in [1.29, 1.82) is 0 Å². The second-order valence-electron chi connectivity index (χ2n) is 5.99. The predicted molar refractivity (Wildman–Crippen MR) is 72.3 cm³/mol. The smallest absolute Gasteiger partial charge is 0.443 e. The number of carbonyl (C=O) groups excluding carboxylic acids is 1. The Morgan fingerprint density at radius 3 is 2.62 bits per heavy atom. The van der Waals surface area contributed by atoms with Gasteiger partial charge < -0.3 is 9.64 Å². The molecule has 118 valence electrons. The van der Waals surface area contributed by atoms with Crippen LogP contribution in [0.3, 0.4) is 0 Å². The van der Waals surface area contributed by atoms with Gasteiger partial charge in [0.2, 0.25) is 0 Å². The first-order valence-electron chi connectivity index (χ1n) is 6.57. The van der Waals surface area contributed by atoms with Crippen molar-refractivity contribution in [3.05, 3.63) is 16.1 Å². The molecule has 0 aromatic carbocycles. The van der Waals surface area contributed by atoms with E-state index >= 15 is 0 Å². The van der Waals surface area contributed by atoms with Gasteiger partial charge in [-0.3, -0.25) is 0 Å². The number of nitrogens with zero attached hydrogens (tertiary/aromatic N) is 2. The molecule has 4 nitrogen and oxygen atoms in total. The molecule has 1 aliphatic rings. The van der Waals surface area contributed by atoms with Crippen LogP contribution < -0.4 is 0 Å². The molecule has 1 saturated heterocycles. The molecule has 0 N–H and O–H groups in total. The Bertz CT molecular complexity index is 522. The third-order valence-electron chi connectivity index (χ3n) is 3.02. The lowest BCUT2D eigenvalue weighted by Gasteiger charge is -2.24. The lowest BCUT2D eigenvalue weighted by Crippen LogP contribution is -2.35. The second kappa shape index (κ2) is 5.47. The maximum Gasteiger partial charge on any atom is 0.443 e. The Morgan fingerprint density at radius 2 is 2.10 bits per heavy atom. The zero-order valence-corrected chi connectivity index (χ0v) is 12.8. The summed E-state index contributed by atoms with van der Waals surface area (Å²) in [6.45, 7) is 6.13. The number of hydrogen-bond acceptors (Lipinski definition) is 4. The molecular weight excluding hydrogens is 305 g/mol. The fourth-order valence-electron chi connectivity index (χ4n) is 2.10. The van der Waals surface area contributed by atoms with E-state index in [1.54, 1.807) is 20.8 Å². The molecule has 8 heteroatoms. The van der Waals surface area contributed by atoms with Gasteiger partial charge >= 0.3 is 12.3 Å². The highest BCUT2D eigenvalue weighted by Crippen LogP contribution is 2.35. The van der Waals surface area contributed by atoms with E-state index in [1.165, 1.54) is 10.3 Å². The quantitative estimate of drug-likeness (QED) is 0.788. The zero-order chi connectivity index (χ0) is 15.8. The number of thiazole rings is 1. The van der Waals surface area contributed by atoms with Gasteiger partial charge in [0.25, 0.3) is 0 Å². The summed E-state index contributed by atoms with van der Waals surface area (Å²) in [6, 6.07) is 0. The highest BCUT2D eigenvalue weighted by molar-refractivity contribution is 7.09. The summed E-state index contributed by atoms with van der Waals surface area (Å²) < 4.78 is 42.9. The maximum atomic E-state index is 12.5. The topological polar surface area (TPSA) is 42.4 Å².